The SMILES string of the molecule is COCCCOc1cc(OS(=O)(=O)C(F)(F)F)cnc1OC. The Bertz CT molecular complexity index is 590. The highest BCUT2D eigenvalue weighted by Crippen LogP contribution is 2.32. The van der Waals surface area contributed by atoms with Gasteiger partial charge >= 0.3 is 15.6 Å². The fourth-order valence-corrected chi connectivity index (χ4v) is 1.71. The van der Waals surface area contributed by atoms with Gasteiger partial charge in [-0.3, -0.25) is 0 Å². The van der Waals surface area contributed by atoms with Gasteiger partial charge in [-0.15, -0.1) is 0 Å². The van der Waals surface area contributed by atoms with Crippen molar-refractivity contribution < 1.29 is 40.0 Å². The average Bonchev–Trinajstić information content (AvgIpc) is 2.42. The molecule has 0 aliphatic carbocycles. The van der Waals surface area contributed by atoms with Crippen LogP contribution in [0.2, 0.25) is 0 Å². The van der Waals surface area contributed by atoms with Gasteiger partial charge in [-0.25, -0.2) is 4.98 Å². The van der Waals surface area contributed by atoms with Gasteiger partial charge in [0.1, 0.15) is 0 Å². The van der Waals surface area contributed by atoms with Crippen LogP contribution in [0.15, 0.2) is 12.3 Å². The Hall–Kier alpha value is -1.75. The molecule has 1 aromatic heterocycles. The summed E-state index contributed by atoms with van der Waals surface area (Å²) in [7, 11) is -3.00. The largest absolute Gasteiger partial charge is 0.534 e. The Morgan fingerprint density at radius 1 is 1.23 bits per heavy atom. The van der Waals surface area contributed by atoms with Crippen molar-refractivity contribution in [3.8, 4) is 17.4 Å². The third kappa shape index (κ3) is 4.91. The molecule has 0 fully saturated rings. The van der Waals surface area contributed by atoms with Gasteiger partial charge in [-0.1, -0.05) is 0 Å². The molecule has 0 unspecified atom stereocenters. The molecule has 0 aliphatic rings. The number of hydrogen-bond acceptors (Lipinski definition) is 7. The van der Waals surface area contributed by atoms with Gasteiger partial charge in [-0.2, -0.15) is 21.6 Å². The Morgan fingerprint density at radius 2 is 1.91 bits per heavy atom. The molecule has 1 heterocycles. The summed E-state index contributed by atoms with van der Waals surface area (Å²) in [5.41, 5.74) is -5.54. The summed E-state index contributed by atoms with van der Waals surface area (Å²) in [4.78, 5) is 3.63. The first-order chi connectivity index (χ1) is 10.2. The lowest BCUT2D eigenvalue weighted by atomic mass is 10.4. The van der Waals surface area contributed by atoms with E-state index >= 15 is 0 Å². The molecule has 0 atom stereocenters. The summed E-state index contributed by atoms with van der Waals surface area (Å²) < 4.78 is 77.5. The minimum absolute atomic E-state index is 0.0193. The minimum Gasteiger partial charge on any atom is -0.488 e. The van der Waals surface area contributed by atoms with Gasteiger partial charge in [-0.05, 0) is 0 Å². The molecule has 0 N–H and O–H groups in total. The highest BCUT2D eigenvalue weighted by molar-refractivity contribution is 7.87. The van der Waals surface area contributed by atoms with Crippen LogP contribution in [0.3, 0.4) is 0 Å². The lowest BCUT2D eigenvalue weighted by molar-refractivity contribution is -0.0500. The number of ether oxygens (including phenoxy) is 3. The topological polar surface area (TPSA) is 84.0 Å². The van der Waals surface area contributed by atoms with Crippen LogP contribution in [-0.4, -0.2) is 46.3 Å². The van der Waals surface area contributed by atoms with Gasteiger partial charge in [0.2, 0.25) is 0 Å². The maximum atomic E-state index is 12.2. The summed E-state index contributed by atoms with van der Waals surface area (Å²) in [6.45, 7) is 0.579. The summed E-state index contributed by atoms with van der Waals surface area (Å²) >= 11 is 0. The molecule has 7 nitrogen and oxygen atoms in total. The van der Waals surface area contributed by atoms with Gasteiger partial charge in [0.05, 0.1) is 19.9 Å². The Morgan fingerprint density at radius 3 is 2.45 bits per heavy atom. The predicted molar refractivity (Wildman–Crippen MR) is 68.4 cm³/mol. The number of methoxy groups -OCH3 is 2. The third-order valence-electron chi connectivity index (χ3n) is 2.23. The van der Waals surface area contributed by atoms with E-state index < -0.39 is 21.4 Å². The Balaban J connectivity index is 2.90. The van der Waals surface area contributed by atoms with Crippen molar-refractivity contribution in [1.82, 2.24) is 4.98 Å². The normalized spacial score (nSPS) is 12.0. The number of hydrogen-bond donors (Lipinski definition) is 0. The molecule has 1 aromatic rings. The van der Waals surface area contributed by atoms with Crippen molar-refractivity contribution in [2.45, 2.75) is 11.9 Å². The van der Waals surface area contributed by atoms with Crippen molar-refractivity contribution in [2.24, 2.45) is 0 Å². The van der Waals surface area contributed by atoms with Crippen LogP contribution >= 0.6 is 0 Å². The molecule has 11 heteroatoms. The van der Waals surface area contributed by atoms with E-state index in [9.17, 15) is 21.6 Å². The third-order valence-corrected chi connectivity index (χ3v) is 3.21. The maximum absolute atomic E-state index is 12.2. The molecule has 0 spiro atoms. The highest BCUT2D eigenvalue weighted by atomic mass is 32.2. The molecule has 0 aliphatic heterocycles. The second-order valence-corrected chi connectivity index (χ2v) is 5.39. The zero-order valence-electron chi connectivity index (χ0n) is 11.7. The minimum atomic E-state index is -5.77. The molecule has 0 amide bonds. The van der Waals surface area contributed by atoms with Gasteiger partial charge in [0, 0.05) is 26.2 Å². The van der Waals surface area contributed by atoms with Crippen LogP contribution in [0, 0.1) is 0 Å². The molecule has 0 aromatic carbocycles. The smallest absolute Gasteiger partial charge is 0.488 e. The van der Waals surface area contributed by atoms with E-state index in [-0.39, 0.29) is 18.2 Å². The van der Waals surface area contributed by atoms with Crippen LogP contribution in [0.4, 0.5) is 13.2 Å². The molecular formula is C11H14F3NO6S. The van der Waals surface area contributed by atoms with E-state index in [2.05, 4.69) is 9.17 Å². The van der Waals surface area contributed by atoms with E-state index in [1.54, 1.807) is 0 Å². The van der Waals surface area contributed by atoms with Crippen molar-refractivity contribution in [1.29, 1.82) is 0 Å². The molecule has 126 valence electrons. The van der Waals surface area contributed by atoms with E-state index in [0.717, 1.165) is 12.3 Å². The van der Waals surface area contributed by atoms with Crippen molar-refractivity contribution in [3.05, 3.63) is 12.3 Å². The van der Waals surface area contributed by atoms with Crippen molar-refractivity contribution in [3.63, 3.8) is 0 Å². The molecule has 0 saturated heterocycles. The fourth-order valence-electron chi connectivity index (χ4n) is 1.28. The monoisotopic (exact) mass is 345 g/mol. The molecule has 0 saturated carbocycles. The Kier molecular flexibility index (Phi) is 6.23. The summed E-state index contributed by atoms with van der Waals surface area (Å²) in [6, 6.07) is 0.946. The number of halogens is 3. The first-order valence-electron chi connectivity index (χ1n) is 5.88. The zero-order chi connectivity index (χ0) is 16.8. The summed E-state index contributed by atoms with van der Waals surface area (Å²) in [5, 5.41) is 0. The van der Waals surface area contributed by atoms with E-state index in [4.69, 9.17) is 14.2 Å². The maximum Gasteiger partial charge on any atom is 0.534 e. The molecular weight excluding hydrogens is 331 g/mol. The van der Waals surface area contributed by atoms with Crippen LogP contribution in [-0.2, 0) is 14.9 Å². The first-order valence-corrected chi connectivity index (χ1v) is 7.28. The second-order valence-electron chi connectivity index (χ2n) is 3.86. The molecule has 22 heavy (non-hydrogen) atoms. The Labute approximate surface area is 125 Å². The lowest BCUT2D eigenvalue weighted by Gasteiger charge is -2.12. The van der Waals surface area contributed by atoms with Gasteiger partial charge in [0.15, 0.2) is 11.5 Å². The van der Waals surface area contributed by atoms with Crippen LogP contribution in [0.1, 0.15) is 6.42 Å². The molecule has 0 bridgehead atoms. The summed E-state index contributed by atoms with van der Waals surface area (Å²) in [6.07, 6.45) is 1.29. The lowest BCUT2D eigenvalue weighted by Crippen LogP contribution is -2.28. The van der Waals surface area contributed by atoms with Crippen LogP contribution in [0.25, 0.3) is 0 Å². The predicted octanol–water partition coefficient (Wildman–Crippen LogP) is 1.73. The highest BCUT2D eigenvalue weighted by Gasteiger charge is 2.48. The number of rotatable bonds is 8. The zero-order valence-corrected chi connectivity index (χ0v) is 12.5. The van der Waals surface area contributed by atoms with E-state index in [1.165, 1.54) is 14.2 Å². The fraction of sp³-hybridized carbons (Fsp3) is 0.545. The van der Waals surface area contributed by atoms with E-state index in [0.29, 0.717) is 13.0 Å². The van der Waals surface area contributed by atoms with Gasteiger partial charge in [0.25, 0.3) is 5.88 Å². The number of nitrogens with zero attached hydrogens (tertiary/aromatic N) is 1. The summed E-state index contributed by atoms with van der Waals surface area (Å²) in [5.74, 6) is -0.706. The van der Waals surface area contributed by atoms with Crippen LogP contribution in [0.5, 0.6) is 17.4 Å². The van der Waals surface area contributed by atoms with Crippen LogP contribution < -0.4 is 13.7 Å². The average molecular weight is 345 g/mol. The number of alkyl halides is 3. The quantitative estimate of drug-likeness (QED) is 0.403. The first kappa shape index (κ1) is 18.3. The molecule has 1 rings (SSSR count). The molecule has 0 radical (unpaired) electrons. The van der Waals surface area contributed by atoms with Gasteiger partial charge < -0.3 is 18.4 Å². The van der Waals surface area contributed by atoms with Crippen molar-refractivity contribution >= 4 is 10.1 Å². The number of pyridine rings is 1. The standard InChI is InChI=1S/C11H14F3NO6S/c1-18-4-3-5-20-9-6-8(7-15-10(9)19-2)21-22(16,17)11(12,13)14/h6-7H,3-5H2,1-2H3. The second kappa shape index (κ2) is 7.49. The number of aromatic nitrogens is 1. The van der Waals surface area contributed by atoms with E-state index in [1.807, 2.05) is 0 Å². The van der Waals surface area contributed by atoms with Crippen molar-refractivity contribution in [2.75, 3.05) is 27.4 Å².